The first kappa shape index (κ1) is 19.7. The van der Waals surface area contributed by atoms with Crippen molar-refractivity contribution in [2.45, 2.75) is 13.0 Å². The summed E-state index contributed by atoms with van der Waals surface area (Å²) in [6.45, 7) is 0.236. The van der Waals surface area contributed by atoms with Gasteiger partial charge in [-0.1, -0.05) is 54.1 Å². The highest BCUT2D eigenvalue weighted by Gasteiger charge is 2.41. The highest BCUT2D eigenvalue weighted by molar-refractivity contribution is 6.42. The van der Waals surface area contributed by atoms with Crippen molar-refractivity contribution in [2.75, 3.05) is 4.90 Å². The summed E-state index contributed by atoms with van der Waals surface area (Å²) in [7, 11) is 0. The van der Waals surface area contributed by atoms with Crippen molar-refractivity contribution < 1.29 is 24.2 Å². The van der Waals surface area contributed by atoms with E-state index in [0.717, 1.165) is 10.5 Å². The van der Waals surface area contributed by atoms with Crippen LogP contribution in [0.4, 0.5) is 5.69 Å². The number of rotatable bonds is 6. The van der Waals surface area contributed by atoms with Crippen molar-refractivity contribution in [1.29, 1.82) is 0 Å². The summed E-state index contributed by atoms with van der Waals surface area (Å²) in [4.78, 5) is 38.0. The third-order valence-electron chi connectivity index (χ3n) is 4.74. The Balaban J connectivity index is 1.65. The molecular formula is C23H16ClNO5. The minimum Gasteiger partial charge on any atom is -0.488 e. The van der Waals surface area contributed by atoms with Gasteiger partial charge >= 0.3 is 5.97 Å². The molecule has 1 heterocycles. The number of imide groups is 1. The van der Waals surface area contributed by atoms with Gasteiger partial charge in [0.05, 0.1) is 28.3 Å². The van der Waals surface area contributed by atoms with E-state index in [-0.39, 0.29) is 34.9 Å². The lowest BCUT2D eigenvalue weighted by molar-refractivity contribution is -0.136. The molecule has 3 aromatic rings. The molecule has 0 unspecified atom stereocenters. The maximum absolute atomic E-state index is 13.1. The molecule has 0 radical (unpaired) electrons. The molecule has 1 N–H and O–H groups in total. The SMILES string of the molecule is O=C(O)Cc1ccc(N2C(=O)c3c(Cl)ccc(OCc4ccccc4)c3C2=O)cc1. The number of aliphatic carboxylic acids is 1. The molecule has 0 saturated carbocycles. The zero-order valence-electron chi connectivity index (χ0n) is 15.7. The second-order valence-electron chi connectivity index (χ2n) is 6.75. The van der Waals surface area contributed by atoms with E-state index in [1.807, 2.05) is 30.3 Å². The summed E-state index contributed by atoms with van der Waals surface area (Å²) in [6.07, 6.45) is -0.147. The minimum absolute atomic E-state index is 0.0989. The number of halogens is 1. The Morgan fingerprint density at radius 1 is 0.867 bits per heavy atom. The van der Waals surface area contributed by atoms with E-state index in [9.17, 15) is 14.4 Å². The molecule has 0 saturated heterocycles. The lowest BCUT2D eigenvalue weighted by Gasteiger charge is -2.14. The molecule has 6 nitrogen and oxygen atoms in total. The number of hydrogen-bond acceptors (Lipinski definition) is 4. The first-order valence-corrected chi connectivity index (χ1v) is 9.52. The summed E-state index contributed by atoms with van der Waals surface area (Å²) in [5.74, 6) is -1.76. The lowest BCUT2D eigenvalue weighted by Crippen LogP contribution is -2.29. The van der Waals surface area contributed by atoms with Crippen LogP contribution in [0.3, 0.4) is 0 Å². The third kappa shape index (κ3) is 3.65. The van der Waals surface area contributed by atoms with Gasteiger partial charge in [-0.2, -0.15) is 0 Å². The molecule has 1 aliphatic rings. The van der Waals surface area contributed by atoms with Crippen LogP contribution in [0, 0.1) is 0 Å². The molecule has 0 fully saturated rings. The van der Waals surface area contributed by atoms with Crippen LogP contribution in [0.1, 0.15) is 31.8 Å². The number of carboxylic acids is 1. The van der Waals surface area contributed by atoms with Crippen LogP contribution in [-0.4, -0.2) is 22.9 Å². The fraction of sp³-hybridized carbons (Fsp3) is 0.0870. The Bertz CT molecular complexity index is 1140. The Hall–Kier alpha value is -3.64. The van der Waals surface area contributed by atoms with Crippen LogP contribution >= 0.6 is 11.6 Å². The average molecular weight is 422 g/mol. The van der Waals surface area contributed by atoms with Crippen molar-refractivity contribution >= 4 is 35.1 Å². The minimum atomic E-state index is -0.963. The standard InChI is InChI=1S/C23H16ClNO5/c24-17-10-11-18(30-13-15-4-2-1-3-5-15)21-20(17)22(28)25(23(21)29)16-8-6-14(7-9-16)12-19(26)27/h1-11H,12-13H2,(H,26,27). The highest BCUT2D eigenvalue weighted by atomic mass is 35.5. The van der Waals surface area contributed by atoms with E-state index in [1.165, 1.54) is 6.07 Å². The van der Waals surface area contributed by atoms with Crippen LogP contribution in [0.5, 0.6) is 5.75 Å². The second-order valence-corrected chi connectivity index (χ2v) is 7.16. The summed E-state index contributed by atoms with van der Waals surface area (Å²) in [5, 5.41) is 9.06. The van der Waals surface area contributed by atoms with E-state index in [4.69, 9.17) is 21.4 Å². The van der Waals surface area contributed by atoms with Crippen LogP contribution in [-0.2, 0) is 17.8 Å². The van der Waals surface area contributed by atoms with Crippen molar-refractivity contribution in [1.82, 2.24) is 0 Å². The van der Waals surface area contributed by atoms with Gasteiger partial charge in [0.25, 0.3) is 11.8 Å². The Kier molecular flexibility index (Phi) is 5.25. The Morgan fingerprint density at radius 3 is 2.20 bits per heavy atom. The highest BCUT2D eigenvalue weighted by Crippen LogP contribution is 2.38. The van der Waals surface area contributed by atoms with Gasteiger partial charge < -0.3 is 9.84 Å². The maximum Gasteiger partial charge on any atom is 0.307 e. The number of ether oxygens (including phenoxy) is 1. The van der Waals surface area contributed by atoms with Gasteiger partial charge in [-0.15, -0.1) is 0 Å². The maximum atomic E-state index is 13.1. The number of benzene rings is 3. The van der Waals surface area contributed by atoms with E-state index in [2.05, 4.69) is 0 Å². The smallest absolute Gasteiger partial charge is 0.307 e. The Labute approximate surface area is 177 Å². The molecule has 4 rings (SSSR count). The molecule has 30 heavy (non-hydrogen) atoms. The van der Waals surface area contributed by atoms with Crippen LogP contribution in [0.25, 0.3) is 0 Å². The normalized spacial score (nSPS) is 12.8. The van der Waals surface area contributed by atoms with Crippen molar-refractivity contribution in [3.8, 4) is 5.75 Å². The van der Waals surface area contributed by atoms with Crippen LogP contribution in [0.2, 0.25) is 5.02 Å². The van der Waals surface area contributed by atoms with Crippen molar-refractivity contribution in [2.24, 2.45) is 0 Å². The number of carbonyl (C=O) groups is 3. The molecule has 3 aromatic carbocycles. The van der Waals surface area contributed by atoms with Gasteiger partial charge in [-0.05, 0) is 35.4 Å². The van der Waals surface area contributed by atoms with Gasteiger partial charge in [0, 0.05) is 0 Å². The van der Waals surface area contributed by atoms with Gasteiger partial charge in [0.2, 0.25) is 0 Å². The molecule has 1 aliphatic heterocycles. The molecule has 2 amide bonds. The first-order valence-electron chi connectivity index (χ1n) is 9.14. The number of nitrogens with zero attached hydrogens (tertiary/aromatic N) is 1. The fourth-order valence-electron chi connectivity index (χ4n) is 3.32. The number of carbonyl (C=O) groups excluding carboxylic acids is 2. The fourth-order valence-corrected chi connectivity index (χ4v) is 3.56. The number of hydrogen-bond donors (Lipinski definition) is 1. The van der Waals surface area contributed by atoms with E-state index in [1.54, 1.807) is 30.3 Å². The molecular weight excluding hydrogens is 406 g/mol. The van der Waals surface area contributed by atoms with Crippen molar-refractivity contribution in [3.05, 3.63) is 94.0 Å². The average Bonchev–Trinajstić information content (AvgIpc) is 3.00. The first-order chi connectivity index (χ1) is 14.5. The van der Waals surface area contributed by atoms with E-state index in [0.29, 0.717) is 11.3 Å². The van der Waals surface area contributed by atoms with Gasteiger partial charge in [0.1, 0.15) is 12.4 Å². The summed E-state index contributed by atoms with van der Waals surface area (Å²) < 4.78 is 5.83. The van der Waals surface area contributed by atoms with Crippen LogP contribution < -0.4 is 9.64 Å². The van der Waals surface area contributed by atoms with E-state index >= 15 is 0 Å². The molecule has 150 valence electrons. The molecule has 0 spiro atoms. The summed E-state index contributed by atoms with van der Waals surface area (Å²) >= 11 is 6.23. The van der Waals surface area contributed by atoms with E-state index < -0.39 is 17.8 Å². The predicted molar refractivity (Wildman–Crippen MR) is 111 cm³/mol. The quantitative estimate of drug-likeness (QED) is 0.598. The molecule has 0 bridgehead atoms. The largest absolute Gasteiger partial charge is 0.488 e. The second kappa shape index (κ2) is 8.00. The predicted octanol–water partition coefficient (Wildman–Crippen LogP) is 4.35. The number of carboxylic acid groups (broad SMARTS) is 1. The molecule has 0 aliphatic carbocycles. The molecule has 0 atom stereocenters. The Morgan fingerprint density at radius 2 is 1.53 bits per heavy atom. The van der Waals surface area contributed by atoms with Gasteiger partial charge in [-0.25, -0.2) is 4.90 Å². The van der Waals surface area contributed by atoms with Crippen molar-refractivity contribution in [3.63, 3.8) is 0 Å². The number of anilines is 1. The molecule has 7 heteroatoms. The van der Waals surface area contributed by atoms with Crippen LogP contribution in [0.15, 0.2) is 66.7 Å². The third-order valence-corrected chi connectivity index (χ3v) is 5.05. The van der Waals surface area contributed by atoms with Gasteiger partial charge in [0.15, 0.2) is 0 Å². The monoisotopic (exact) mass is 421 g/mol. The summed E-state index contributed by atoms with van der Waals surface area (Å²) in [6, 6.07) is 18.8. The molecule has 0 aromatic heterocycles. The topological polar surface area (TPSA) is 83.9 Å². The zero-order chi connectivity index (χ0) is 21.3. The zero-order valence-corrected chi connectivity index (χ0v) is 16.4. The number of fused-ring (bicyclic) bond motifs is 1. The lowest BCUT2D eigenvalue weighted by atomic mass is 10.1. The summed E-state index contributed by atoms with van der Waals surface area (Å²) in [5.41, 5.74) is 2.04. The van der Waals surface area contributed by atoms with Gasteiger partial charge in [-0.3, -0.25) is 14.4 Å². The number of amides is 2.